The van der Waals surface area contributed by atoms with Crippen molar-refractivity contribution >= 4 is 16.7 Å². The molecule has 0 unspecified atom stereocenters. The standard InChI is InChI=1S/C25H27NO2/c1-3-4-16-28-20-13-12-18(2)22(17-20)24(27)26-25(14-15-25)23-11-7-9-19-8-5-6-10-21(19)23/h5-13,17H,3-4,14-16H2,1-2H3,(H,26,27). The summed E-state index contributed by atoms with van der Waals surface area (Å²) in [5, 5.41) is 5.76. The second-order valence-electron chi connectivity index (χ2n) is 7.74. The summed E-state index contributed by atoms with van der Waals surface area (Å²) in [5.41, 5.74) is 2.62. The van der Waals surface area contributed by atoms with Gasteiger partial charge in [0.2, 0.25) is 0 Å². The molecule has 1 amide bonds. The topological polar surface area (TPSA) is 38.3 Å². The number of amides is 1. The first kappa shape index (κ1) is 18.5. The van der Waals surface area contributed by atoms with Gasteiger partial charge in [0.15, 0.2) is 0 Å². The van der Waals surface area contributed by atoms with Gasteiger partial charge < -0.3 is 10.1 Å². The highest BCUT2D eigenvalue weighted by atomic mass is 16.5. The van der Waals surface area contributed by atoms with Crippen LogP contribution in [0.3, 0.4) is 0 Å². The van der Waals surface area contributed by atoms with Crippen molar-refractivity contribution in [2.45, 2.75) is 45.1 Å². The van der Waals surface area contributed by atoms with Crippen molar-refractivity contribution in [3.8, 4) is 5.75 Å². The Morgan fingerprint density at radius 1 is 1.07 bits per heavy atom. The van der Waals surface area contributed by atoms with E-state index in [1.165, 1.54) is 16.3 Å². The number of carbonyl (C=O) groups is 1. The third-order valence-corrected chi connectivity index (χ3v) is 5.63. The lowest BCUT2D eigenvalue weighted by Crippen LogP contribution is -2.35. The Morgan fingerprint density at radius 2 is 1.86 bits per heavy atom. The van der Waals surface area contributed by atoms with Crippen LogP contribution in [0, 0.1) is 6.92 Å². The van der Waals surface area contributed by atoms with Gasteiger partial charge in [0.1, 0.15) is 5.75 Å². The summed E-state index contributed by atoms with van der Waals surface area (Å²) < 4.78 is 5.80. The van der Waals surface area contributed by atoms with Gasteiger partial charge in [-0.1, -0.05) is 61.9 Å². The number of aryl methyl sites for hydroxylation is 1. The molecule has 3 aromatic carbocycles. The molecule has 144 valence electrons. The number of hydrogen-bond donors (Lipinski definition) is 1. The molecule has 0 heterocycles. The van der Waals surface area contributed by atoms with Crippen LogP contribution in [0.15, 0.2) is 60.7 Å². The van der Waals surface area contributed by atoms with Crippen LogP contribution in [0.25, 0.3) is 10.8 Å². The molecule has 0 spiro atoms. The molecule has 3 nitrogen and oxygen atoms in total. The van der Waals surface area contributed by atoms with Crippen LogP contribution in [0.4, 0.5) is 0 Å². The fourth-order valence-corrected chi connectivity index (χ4v) is 3.78. The summed E-state index contributed by atoms with van der Waals surface area (Å²) in [6.07, 6.45) is 4.04. The monoisotopic (exact) mass is 373 g/mol. The molecule has 1 aliphatic carbocycles. The Hall–Kier alpha value is -2.81. The first-order chi connectivity index (χ1) is 13.6. The molecule has 1 saturated carbocycles. The van der Waals surface area contributed by atoms with Crippen molar-refractivity contribution in [1.29, 1.82) is 0 Å². The summed E-state index contributed by atoms with van der Waals surface area (Å²) in [6, 6.07) is 20.5. The SMILES string of the molecule is CCCCOc1ccc(C)c(C(=O)NC2(c3cccc4ccccc34)CC2)c1. The summed E-state index contributed by atoms with van der Waals surface area (Å²) in [7, 11) is 0. The maximum Gasteiger partial charge on any atom is 0.252 e. The highest BCUT2D eigenvalue weighted by molar-refractivity contribution is 5.97. The Morgan fingerprint density at radius 3 is 2.64 bits per heavy atom. The van der Waals surface area contributed by atoms with Crippen molar-refractivity contribution < 1.29 is 9.53 Å². The van der Waals surface area contributed by atoms with Crippen LogP contribution in [0.1, 0.15) is 54.1 Å². The fourth-order valence-electron chi connectivity index (χ4n) is 3.78. The van der Waals surface area contributed by atoms with Gasteiger partial charge in [0.25, 0.3) is 5.91 Å². The van der Waals surface area contributed by atoms with Crippen molar-refractivity contribution in [1.82, 2.24) is 5.32 Å². The van der Waals surface area contributed by atoms with Crippen LogP contribution in [0.5, 0.6) is 5.75 Å². The molecule has 1 N–H and O–H groups in total. The molecule has 4 rings (SSSR count). The minimum Gasteiger partial charge on any atom is -0.494 e. The lowest BCUT2D eigenvalue weighted by atomic mass is 9.96. The molecule has 1 fully saturated rings. The largest absolute Gasteiger partial charge is 0.494 e. The zero-order valence-electron chi connectivity index (χ0n) is 16.6. The average Bonchev–Trinajstić information content (AvgIpc) is 3.49. The van der Waals surface area contributed by atoms with E-state index in [4.69, 9.17) is 4.74 Å². The predicted octanol–water partition coefficient (Wildman–Crippen LogP) is 5.75. The van der Waals surface area contributed by atoms with Gasteiger partial charge in [-0.05, 0) is 60.2 Å². The Bertz CT molecular complexity index is 999. The lowest BCUT2D eigenvalue weighted by Gasteiger charge is -2.21. The van der Waals surface area contributed by atoms with Crippen LogP contribution in [-0.2, 0) is 5.54 Å². The Kier molecular flexibility index (Phi) is 5.08. The van der Waals surface area contributed by atoms with Crippen molar-refractivity contribution in [2.75, 3.05) is 6.61 Å². The van der Waals surface area contributed by atoms with E-state index in [2.05, 4.69) is 54.7 Å². The molecule has 1 aliphatic rings. The number of ether oxygens (including phenoxy) is 1. The third kappa shape index (κ3) is 3.62. The first-order valence-corrected chi connectivity index (χ1v) is 10.2. The normalized spacial score (nSPS) is 14.6. The van der Waals surface area contributed by atoms with Crippen LogP contribution < -0.4 is 10.1 Å². The van der Waals surface area contributed by atoms with E-state index in [1.807, 2.05) is 25.1 Å². The van der Waals surface area contributed by atoms with Gasteiger partial charge in [0.05, 0.1) is 12.1 Å². The maximum atomic E-state index is 13.1. The molecule has 0 bridgehead atoms. The molecular formula is C25H27NO2. The molecule has 28 heavy (non-hydrogen) atoms. The predicted molar refractivity (Wildman–Crippen MR) is 114 cm³/mol. The van der Waals surface area contributed by atoms with E-state index in [0.29, 0.717) is 12.2 Å². The number of rotatable bonds is 7. The molecule has 0 aromatic heterocycles. The van der Waals surface area contributed by atoms with E-state index < -0.39 is 0 Å². The van der Waals surface area contributed by atoms with E-state index >= 15 is 0 Å². The summed E-state index contributed by atoms with van der Waals surface area (Å²) in [5.74, 6) is 0.739. The second kappa shape index (κ2) is 7.67. The molecule has 0 atom stereocenters. The molecular weight excluding hydrogens is 346 g/mol. The van der Waals surface area contributed by atoms with Gasteiger partial charge in [-0.2, -0.15) is 0 Å². The van der Waals surface area contributed by atoms with Crippen LogP contribution in [0.2, 0.25) is 0 Å². The van der Waals surface area contributed by atoms with E-state index in [1.54, 1.807) is 0 Å². The Labute approximate surface area is 166 Å². The van der Waals surface area contributed by atoms with Gasteiger partial charge >= 0.3 is 0 Å². The molecule has 0 radical (unpaired) electrons. The summed E-state index contributed by atoms with van der Waals surface area (Å²) in [4.78, 5) is 13.1. The third-order valence-electron chi connectivity index (χ3n) is 5.63. The first-order valence-electron chi connectivity index (χ1n) is 10.2. The zero-order valence-corrected chi connectivity index (χ0v) is 16.6. The number of fused-ring (bicyclic) bond motifs is 1. The average molecular weight is 373 g/mol. The lowest BCUT2D eigenvalue weighted by molar-refractivity contribution is 0.0930. The minimum absolute atomic E-state index is 0.0242. The smallest absolute Gasteiger partial charge is 0.252 e. The molecule has 3 aromatic rings. The number of unbranched alkanes of at least 4 members (excludes halogenated alkanes) is 1. The van der Waals surface area contributed by atoms with Crippen molar-refractivity contribution in [3.05, 3.63) is 77.4 Å². The van der Waals surface area contributed by atoms with Crippen LogP contribution >= 0.6 is 0 Å². The van der Waals surface area contributed by atoms with Crippen LogP contribution in [-0.4, -0.2) is 12.5 Å². The van der Waals surface area contributed by atoms with Gasteiger partial charge in [0, 0.05) is 5.56 Å². The van der Waals surface area contributed by atoms with E-state index in [0.717, 1.165) is 37.0 Å². The van der Waals surface area contributed by atoms with E-state index in [-0.39, 0.29) is 11.4 Å². The summed E-state index contributed by atoms with van der Waals surface area (Å²) in [6.45, 7) is 4.79. The quantitative estimate of drug-likeness (QED) is 0.536. The van der Waals surface area contributed by atoms with Gasteiger partial charge in [-0.25, -0.2) is 0 Å². The zero-order chi connectivity index (χ0) is 19.6. The Balaban J connectivity index is 1.59. The van der Waals surface area contributed by atoms with Crippen molar-refractivity contribution in [2.24, 2.45) is 0 Å². The maximum absolute atomic E-state index is 13.1. The minimum atomic E-state index is -0.260. The van der Waals surface area contributed by atoms with Gasteiger partial charge in [-0.3, -0.25) is 4.79 Å². The molecule has 3 heteroatoms. The van der Waals surface area contributed by atoms with E-state index in [9.17, 15) is 4.79 Å². The fraction of sp³-hybridized carbons (Fsp3) is 0.320. The number of hydrogen-bond acceptors (Lipinski definition) is 2. The number of benzene rings is 3. The number of carbonyl (C=O) groups excluding carboxylic acids is 1. The summed E-state index contributed by atoms with van der Waals surface area (Å²) >= 11 is 0. The second-order valence-corrected chi connectivity index (χ2v) is 7.74. The highest BCUT2D eigenvalue weighted by Gasteiger charge is 2.46. The number of nitrogens with one attached hydrogen (secondary N) is 1. The molecule has 0 saturated heterocycles. The molecule has 0 aliphatic heterocycles. The van der Waals surface area contributed by atoms with Crippen molar-refractivity contribution in [3.63, 3.8) is 0 Å². The van der Waals surface area contributed by atoms with Gasteiger partial charge in [-0.15, -0.1) is 0 Å². The highest BCUT2D eigenvalue weighted by Crippen LogP contribution is 2.48.